The van der Waals surface area contributed by atoms with E-state index in [2.05, 4.69) is 4.98 Å². The first-order chi connectivity index (χ1) is 12.0. The van der Waals surface area contributed by atoms with Crippen LogP contribution in [0.5, 0.6) is 0 Å². The van der Waals surface area contributed by atoms with Crippen LogP contribution in [0.25, 0.3) is 23.2 Å². The number of carboxylic acids is 1. The summed E-state index contributed by atoms with van der Waals surface area (Å²) in [4.78, 5) is 28.2. The minimum atomic E-state index is -1.02. The molecule has 0 aliphatic heterocycles. The number of benzene rings is 2. The summed E-state index contributed by atoms with van der Waals surface area (Å²) in [5, 5.41) is 9.16. The van der Waals surface area contributed by atoms with Gasteiger partial charge < -0.3 is 9.67 Å². The van der Waals surface area contributed by atoms with Gasteiger partial charge in [-0.05, 0) is 43.7 Å². The van der Waals surface area contributed by atoms with E-state index in [-0.39, 0.29) is 16.8 Å². The predicted molar refractivity (Wildman–Crippen MR) is 98.7 cm³/mol. The minimum Gasteiger partial charge on any atom is -0.478 e. The third kappa shape index (κ3) is 3.35. The molecule has 3 aromatic rings. The van der Waals surface area contributed by atoms with E-state index in [0.717, 1.165) is 11.1 Å². The lowest BCUT2D eigenvalue weighted by Gasteiger charge is -2.09. The predicted octanol–water partition coefficient (Wildman–Crippen LogP) is 3.59. The topological polar surface area (TPSA) is 72.2 Å². The Morgan fingerprint density at radius 1 is 1.16 bits per heavy atom. The van der Waals surface area contributed by atoms with Crippen LogP contribution < -0.4 is 5.56 Å². The first-order valence-corrected chi connectivity index (χ1v) is 8.02. The average molecular weight is 334 g/mol. The van der Waals surface area contributed by atoms with Crippen molar-refractivity contribution in [3.8, 4) is 0 Å². The molecule has 1 aromatic heterocycles. The van der Waals surface area contributed by atoms with E-state index < -0.39 is 5.97 Å². The molecule has 3 rings (SSSR count). The molecule has 126 valence electrons. The van der Waals surface area contributed by atoms with Gasteiger partial charge in [-0.3, -0.25) is 4.79 Å². The molecule has 1 heterocycles. The highest BCUT2D eigenvalue weighted by Gasteiger charge is 2.11. The fourth-order valence-corrected chi connectivity index (χ4v) is 2.67. The van der Waals surface area contributed by atoms with E-state index in [9.17, 15) is 9.59 Å². The highest BCUT2D eigenvalue weighted by atomic mass is 16.4. The second-order valence-corrected chi connectivity index (χ2v) is 5.80. The van der Waals surface area contributed by atoms with Gasteiger partial charge in [-0.2, -0.15) is 0 Å². The molecule has 5 nitrogen and oxygen atoms in total. The van der Waals surface area contributed by atoms with E-state index in [4.69, 9.17) is 5.11 Å². The van der Waals surface area contributed by atoms with Crippen molar-refractivity contribution in [1.29, 1.82) is 0 Å². The Morgan fingerprint density at radius 2 is 1.88 bits per heavy atom. The summed E-state index contributed by atoms with van der Waals surface area (Å²) in [5.41, 5.74) is 3.49. The molecule has 0 unspecified atom stereocenters. The molecular formula is C20H18N2O3. The van der Waals surface area contributed by atoms with Crippen LogP contribution >= 0.6 is 0 Å². The highest BCUT2D eigenvalue weighted by molar-refractivity contribution is 5.92. The molecule has 0 aliphatic rings. The fraction of sp³-hybridized carbons (Fsp3) is 0.150. The molecule has 0 saturated heterocycles. The maximum atomic E-state index is 12.6. The van der Waals surface area contributed by atoms with Gasteiger partial charge in [0, 0.05) is 6.54 Å². The second kappa shape index (κ2) is 6.73. The molecule has 0 amide bonds. The number of hydrogen-bond acceptors (Lipinski definition) is 3. The molecule has 1 N–H and O–H groups in total. The summed E-state index contributed by atoms with van der Waals surface area (Å²) in [6.07, 6.45) is 3.50. The maximum Gasteiger partial charge on any atom is 0.335 e. The molecule has 0 spiro atoms. The Balaban J connectivity index is 2.13. The average Bonchev–Trinajstić information content (AvgIpc) is 2.61. The Bertz CT molecular complexity index is 1030. The van der Waals surface area contributed by atoms with Crippen molar-refractivity contribution in [3.05, 3.63) is 75.2 Å². The number of aromatic carboxylic acids is 1. The molecule has 0 aliphatic carbocycles. The van der Waals surface area contributed by atoms with Crippen LogP contribution in [0.2, 0.25) is 0 Å². The lowest BCUT2D eigenvalue weighted by molar-refractivity contribution is 0.0697. The van der Waals surface area contributed by atoms with Crippen LogP contribution in [0.3, 0.4) is 0 Å². The van der Waals surface area contributed by atoms with Crippen LogP contribution in [-0.4, -0.2) is 20.6 Å². The van der Waals surface area contributed by atoms with Crippen molar-refractivity contribution >= 4 is 29.2 Å². The second-order valence-electron chi connectivity index (χ2n) is 5.80. The van der Waals surface area contributed by atoms with Gasteiger partial charge >= 0.3 is 5.97 Å². The van der Waals surface area contributed by atoms with Gasteiger partial charge in [0.05, 0.1) is 16.6 Å². The van der Waals surface area contributed by atoms with Crippen molar-refractivity contribution in [2.45, 2.75) is 20.4 Å². The zero-order valence-electron chi connectivity index (χ0n) is 14.1. The van der Waals surface area contributed by atoms with Crippen molar-refractivity contribution in [2.24, 2.45) is 0 Å². The molecule has 0 saturated carbocycles. The molecule has 25 heavy (non-hydrogen) atoms. The van der Waals surface area contributed by atoms with Gasteiger partial charge in [0.1, 0.15) is 5.69 Å². The molecule has 2 aromatic carbocycles. The number of fused-ring (bicyclic) bond motifs is 1. The summed E-state index contributed by atoms with van der Waals surface area (Å²) in [6, 6.07) is 12.5. The van der Waals surface area contributed by atoms with E-state index in [1.54, 1.807) is 16.7 Å². The Hall–Kier alpha value is -3.21. The van der Waals surface area contributed by atoms with Gasteiger partial charge in [0.15, 0.2) is 0 Å². The number of rotatable bonds is 4. The quantitative estimate of drug-likeness (QED) is 0.791. The zero-order chi connectivity index (χ0) is 18.0. The lowest BCUT2D eigenvalue weighted by atomic mass is 10.1. The summed E-state index contributed by atoms with van der Waals surface area (Å²) in [5.74, 6) is -1.02. The zero-order valence-corrected chi connectivity index (χ0v) is 14.1. The Kier molecular flexibility index (Phi) is 4.48. The van der Waals surface area contributed by atoms with Gasteiger partial charge in [-0.15, -0.1) is 0 Å². The van der Waals surface area contributed by atoms with E-state index in [1.165, 1.54) is 12.1 Å². The number of carbonyl (C=O) groups is 1. The Labute approximate surface area is 144 Å². The van der Waals surface area contributed by atoms with Gasteiger partial charge in [0.25, 0.3) is 5.56 Å². The summed E-state index contributed by atoms with van der Waals surface area (Å²) >= 11 is 0. The third-order valence-corrected chi connectivity index (χ3v) is 4.05. The van der Waals surface area contributed by atoms with Crippen LogP contribution in [0.4, 0.5) is 0 Å². The minimum absolute atomic E-state index is 0.148. The molecule has 0 bridgehead atoms. The standard InChI is InChI=1S/C20H18N2O3/c1-3-22-18-11-9-15(20(24)25)12-17(18)21-16(19(22)23)10-8-14-6-4-13(2)5-7-14/h4-12H,3H2,1-2H3,(H,24,25)/b10-8+. The summed E-state index contributed by atoms with van der Waals surface area (Å²) < 4.78 is 1.60. The first-order valence-electron chi connectivity index (χ1n) is 8.02. The van der Waals surface area contributed by atoms with Gasteiger partial charge in [-0.25, -0.2) is 9.78 Å². The van der Waals surface area contributed by atoms with Crippen LogP contribution in [0.1, 0.15) is 34.1 Å². The number of aryl methyl sites for hydroxylation is 2. The monoisotopic (exact) mass is 334 g/mol. The SMILES string of the molecule is CCn1c(=O)c(/C=C/c2ccc(C)cc2)nc2cc(C(=O)O)ccc21. The maximum absolute atomic E-state index is 12.6. The van der Waals surface area contributed by atoms with Crippen LogP contribution in [-0.2, 0) is 6.54 Å². The van der Waals surface area contributed by atoms with Crippen LogP contribution in [0.15, 0.2) is 47.3 Å². The summed E-state index contributed by atoms with van der Waals surface area (Å²) in [6.45, 7) is 4.37. The number of carboxylic acid groups (broad SMARTS) is 1. The molecular weight excluding hydrogens is 316 g/mol. The molecule has 0 atom stereocenters. The Morgan fingerprint density at radius 3 is 2.52 bits per heavy atom. The molecule has 5 heteroatoms. The smallest absolute Gasteiger partial charge is 0.335 e. The van der Waals surface area contributed by atoms with Crippen molar-refractivity contribution < 1.29 is 9.90 Å². The van der Waals surface area contributed by atoms with E-state index >= 15 is 0 Å². The molecule has 0 fully saturated rings. The number of hydrogen-bond donors (Lipinski definition) is 1. The van der Waals surface area contributed by atoms with Crippen LogP contribution in [0, 0.1) is 6.92 Å². The van der Waals surface area contributed by atoms with Crippen molar-refractivity contribution in [2.75, 3.05) is 0 Å². The highest BCUT2D eigenvalue weighted by Crippen LogP contribution is 2.15. The lowest BCUT2D eigenvalue weighted by Crippen LogP contribution is -2.23. The van der Waals surface area contributed by atoms with Gasteiger partial charge in [0.2, 0.25) is 0 Å². The van der Waals surface area contributed by atoms with E-state index in [1.807, 2.05) is 44.2 Å². The number of nitrogens with zero attached hydrogens (tertiary/aromatic N) is 2. The van der Waals surface area contributed by atoms with E-state index in [0.29, 0.717) is 17.6 Å². The number of aromatic nitrogens is 2. The third-order valence-electron chi connectivity index (χ3n) is 4.05. The van der Waals surface area contributed by atoms with Crippen molar-refractivity contribution in [3.63, 3.8) is 0 Å². The molecule has 0 radical (unpaired) electrons. The largest absolute Gasteiger partial charge is 0.478 e. The summed E-state index contributed by atoms with van der Waals surface area (Å²) in [7, 11) is 0. The van der Waals surface area contributed by atoms with Crippen molar-refractivity contribution in [1.82, 2.24) is 9.55 Å². The van der Waals surface area contributed by atoms with Gasteiger partial charge in [-0.1, -0.05) is 35.9 Å². The fourth-order valence-electron chi connectivity index (χ4n) is 2.67. The first kappa shape index (κ1) is 16.6. The normalized spacial score (nSPS) is 11.3.